The predicted molar refractivity (Wildman–Crippen MR) is 161 cm³/mol. The fourth-order valence-electron chi connectivity index (χ4n) is 6.78. The van der Waals surface area contributed by atoms with E-state index >= 15 is 0 Å². The van der Waals surface area contributed by atoms with Crippen LogP contribution in [0, 0.1) is 11.8 Å². The van der Waals surface area contributed by atoms with Gasteiger partial charge in [-0.05, 0) is 101 Å². The number of aromatic amines is 2. The number of rotatable bonds is 5. The normalized spacial score (nSPS) is 20.3. The van der Waals surface area contributed by atoms with Crippen LogP contribution in [0.25, 0.3) is 21.8 Å². The Bertz CT molecular complexity index is 1700. The Morgan fingerprint density at radius 2 is 1.85 bits per heavy atom. The van der Waals surface area contributed by atoms with Gasteiger partial charge in [0.1, 0.15) is 0 Å². The molecule has 2 aliphatic heterocycles. The lowest BCUT2D eigenvalue weighted by Crippen LogP contribution is -2.43. The molecule has 4 heterocycles. The second kappa shape index (κ2) is 10.7. The molecule has 2 fully saturated rings. The number of pyridine rings is 1. The summed E-state index contributed by atoms with van der Waals surface area (Å²) >= 11 is 3.69. The van der Waals surface area contributed by atoms with Crippen LogP contribution in [0.1, 0.15) is 61.1 Å². The highest BCUT2D eigenvalue weighted by Gasteiger charge is 2.35. The van der Waals surface area contributed by atoms with Gasteiger partial charge in [-0.15, -0.1) is 0 Å². The number of likely N-dealkylation sites (tertiary alicyclic amines) is 1. The molecule has 41 heavy (non-hydrogen) atoms. The number of nitrogens with zero attached hydrogens (tertiary/aromatic N) is 3. The Hall–Kier alpha value is -3.46. The number of piperidine rings is 1. The molecule has 212 valence electrons. The quantitative estimate of drug-likeness (QED) is 0.319. The van der Waals surface area contributed by atoms with Crippen molar-refractivity contribution in [1.29, 1.82) is 0 Å². The van der Waals surface area contributed by atoms with Gasteiger partial charge in [-0.1, -0.05) is 18.2 Å². The van der Waals surface area contributed by atoms with Gasteiger partial charge in [0.15, 0.2) is 0 Å². The molecule has 1 saturated carbocycles. The number of nitrogens with one attached hydrogen (secondary N) is 2. The number of H-pyrrole nitrogens is 2. The largest absolute Gasteiger partial charge is 0.343 e. The molecule has 0 unspecified atom stereocenters. The van der Waals surface area contributed by atoms with Crippen LogP contribution >= 0.6 is 15.9 Å². The number of hydrogen-bond donors (Lipinski definition) is 2. The molecule has 1 aliphatic carbocycles. The SMILES string of the molecule is O=C(C[C@@H]1CCc2cc(Br)c3[nH]ncc3c2CN(CC2CC2)C1=O)N1CCC(c2cc3ccccc3[nH]c2=O)CC1. The lowest BCUT2D eigenvalue weighted by atomic mass is 9.87. The summed E-state index contributed by atoms with van der Waals surface area (Å²) in [5.41, 5.74) is 4.96. The minimum Gasteiger partial charge on any atom is -0.343 e. The van der Waals surface area contributed by atoms with Gasteiger partial charge >= 0.3 is 0 Å². The molecule has 4 aromatic rings. The van der Waals surface area contributed by atoms with Crippen LogP contribution in [-0.2, 0) is 22.6 Å². The van der Waals surface area contributed by atoms with E-state index in [9.17, 15) is 14.4 Å². The van der Waals surface area contributed by atoms with Crippen molar-refractivity contribution in [3.8, 4) is 0 Å². The Kier molecular flexibility index (Phi) is 6.93. The summed E-state index contributed by atoms with van der Waals surface area (Å²) in [6.45, 7) is 2.53. The first kappa shape index (κ1) is 26.4. The van der Waals surface area contributed by atoms with Gasteiger partial charge in [-0.25, -0.2) is 0 Å². The van der Waals surface area contributed by atoms with Crippen molar-refractivity contribution < 1.29 is 9.59 Å². The molecule has 7 rings (SSSR count). The molecule has 1 saturated heterocycles. The van der Waals surface area contributed by atoms with Crippen LogP contribution in [0.5, 0.6) is 0 Å². The average Bonchev–Trinajstić information content (AvgIpc) is 3.66. The van der Waals surface area contributed by atoms with Crippen LogP contribution in [0.4, 0.5) is 0 Å². The van der Waals surface area contributed by atoms with Gasteiger partial charge in [-0.2, -0.15) is 5.10 Å². The van der Waals surface area contributed by atoms with E-state index in [1.807, 2.05) is 46.3 Å². The lowest BCUT2D eigenvalue weighted by molar-refractivity contribution is -0.142. The zero-order chi connectivity index (χ0) is 28.1. The Morgan fingerprint density at radius 1 is 1.05 bits per heavy atom. The van der Waals surface area contributed by atoms with Crippen molar-refractivity contribution >= 4 is 49.6 Å². The van der Waals surface area contributed by atoms with Crippen molar-refractivity contribution in [3.63, 3.8) is 0 Å². The maximum Gasteiger partial charge on any atom is 0.251 e. The van der Waals surface area contributed by atoms with Crippen LogP contribution in [0.15, 0.2) is 51.9 Å². The molecular formula is C32H34BrN5O3. The molecule has 0 radical (unpaired) electrons. The molecule has 1 atom stereocenters. The van der Waals surface area contributed by atoms with Crippen molar-refractivity contribution in [1.82, 2.24) is 25.0 Å². The van der Waals surface area contributed by atoms with Gasteiger partial charge < -0.3 is 14.8 Å². The fourth-order valence-corrected chi connectivity index (χ4v) is 7.35. The number of carbonyl (C=O) groups excluding carboxylic acids is 2. The van der Waals surface area contributed by atoms with E-state index in [0.29, 0.717) is 32.0 Å². The lowest BCUT2D eigenvalue weighted by Gasteiger charge is -2.34. The summed E-state index contributed by atoms with van der Waals surface area (Å²) in [7, 11) is 0. The van der Waals surface area contributed by atoms with Crippen LogP contribution < -0.4 is 5.56 Å². The number of carbonyl (C=O) groups is 2. The number of amides is 2. The third-order valence-corrected chi connectivity index (χ3v) is 9.96. The van der Waals surface area contributed by atoms with Crippen molar-refractivity contribution in [2.24, 2.45) is 11.8 Å². The Balaban J connectivity index is 1.06. The van der Waals surface area contributed by atoms with Gasteiger partial charge in [0.05, 0.1) is 11.7 Å². The average molecular weight is 617 g/mol. The molecular weight excluding hydrogens is 582 g/mol. The maximum absolute atomic E-state index is 13.9. The number of aryl methyl sites for hydroxylation is 1. The minimum atomic E-state index is -0.325. The number of para-hydroxylation sites is 1. The molecule has 2 amide bonds. The molecule has 9 heteroatoms. The van der Waals surface area contributed by atoms with Crippen molar-refractivity contribution in [2.45, 2.75) is 57.4 Å². The zero-order valence-electron chi connectivity index (χ0n) is 23.0. The predicted octanol–water partition coefficient (Wildman–Crippen LogP) is 5.26. The Morgan fingerprint density at radius 3 is 2.66 bits per heavy atom. The zero-order valence-corrected chi connectivity index (χ0v) is 24.6. The van der Waals surface area contributed by atoms with Gasteiger partial charge in [0.2, 0.25) is 11.8 Å². The van der Waals surface area contributed by atoms with Crippen LogP contribution in [0.2, 0.25) is 0 Å². The summed E-state index contributed by atoms with van der Waals surface area (Å²) in [5, 5.41) is 9.43. The molecule has 3 aliphatic rings. The number of hydrogen-bond acceptors (Lipinski definition) is 4. The number of benzene rings is 2. The summed E-state index contributed by atoms with van der Waals surface area (Å²) in [6, 6.07) is 12.0. The highest BCUT2D eigenvalue weighted by Crippen LogP contribution is 2.36. The third-order valence-electron chi connectivity index (χ3n) is 9.33. The smallest absolute Gasteiger partial charge is 0.251 e. The van der Waals surface area contributed by atoms with E-state index in [1.165, 1.54) is 11.1 Å². The Labute approximate surface area is 246 Å². The van der Waals surface area contributed by atoms with E-state index in [1.54, 1.807) is 0 Å². The van der Waals surface area contributed by atoms with E-state index in [0.717, 1.165) is 70.5 Å². The molecule has 2 N–H and O–H groups in total. The van der Waals surface area contributed by atoms with Crippen LogP contribution in [-0.4, -0.2) is 56.4 Å². The van der Waals surface area contributed by atoms with Crippen LogP contribution in [0.3, 0.4) is 0 Å². The topological polar surface area (TPSA) is 102 Å². The molecule has 8 nitrogen and oxygen atoms in total. The summed E-state index contributed by atoms with van der Waals surface area (Å²) in [6.07, 6.45) is 7.33. The highest BCUT2D eigenvalue weighted by atomic mass is 79.9. The van der Waals surface area contributed by atoms with Crippen molar-refractivity contribution in [3.05, 3.63) is 74.1 Å². The molecule has 0 spiro atoms. The first-order valence-electron chi connectivity index (χ1n) is 14.8. The second-order valence-corrected chi connectivity index (χ2v) is 12.9. The van der Waals surface area contributed by atoms with E-state index in [2.05, 4.69) is 37.2 Å². The van der Waals surface area contributed by atoms with E-state index in [4.69, 9.17) is 0 Å². The summed E-state index contributed by atoms with van der Waals surface area (Å²) < 4.78 is 0.977. The summed E-state index contributed by atoms with van der Waals surface area (Å²) in [4.78, 5) is 47.2. The monoisotopic (exact) mass is 615 g/mol. The maximum atomic E-state index is 13.9. The third kappa shape index (κ3) is 5.20. The van der Waals surface area contributed by atoms with E-state index < -0.39 is 0 Å². The minimum absolute atomic E-state index is 0.0380. The standard InChI is InChI=1S/C32H34BrN5O3/c33-27-14-21-7-8-23(32(41)38(17-19-5-6-19)18-26(21)25-16-34-36-30(25)27)15-29(39)37-11-9-20(10-12-37)24-13-22-3-1-2-4-28(22)35-31(24)40/h1-4,13-14,16,19-20,23H,5-12,15,17-18H2,(H,34,36)(H,35,40)/t23-/m0/s1. The fraction of sp³-hybridized carbons (Fsp3) is 0.438. The first-order valence-corrected chi connectivity index (χ1v) is 15.6. The van der Waals surface area contributed by atoms with E-state index in [-0.39, 0.29) is 35.6 Å². The van der Waals surface area contributed by atoms with Crippen molar-refractivity contribution in [2.75, 3.05) is 19.6 Å². The number of fused-ring (bicyclic) bond motifs is 4. The van der Waals surface area contributed by atoms with Gasteiger partial charge in [0.25, 0.3) is 5.56 Å². The summed E-state index contributed by atoms with van der Waals surface area (Å²) in [5.74, 6) is 0.514. The molecule has 2 aromatic heterocycles. The number of aromatic nitrogens is 3. The highest BCUT2D eigenvalue weighted by molar-refractivity contribution is 9.10. The number of halogens is 1. The second-order valence-electron chi connectivity index (χ2n) is 12.1. The molecule has 2 aromatic carbocycles. The first-order chi connectivity index (χ1) is 19.9. The van der Waals surface area contributed by atoms with Gasteiger partial charge in [-0.3, -0.25) is 19.5 Å². The molecule has 0 bridgehead atoms. The van der Waals surface area contributed by atoms with Gasteiger partial charge in [0, 0.05) is 59.5 Å².